The standard InChI is InChI=1S/C20H27N5O5/c1-11-16(12(2)29-23-11)6-17(26)22-15-5-14-8-25(18(27)9-28-4)10-20(14,7-15)19-21-13(3)24-30-19/h14-15H,5-10H2,1-4H3,(H,22,26)/t14-,15+,20-/m0/s1. The summed E-state index contributed by atoms with van der Waals surface area (Å²) in [5.74, 6) is 1.77. The number of aryl methyl sites for hydroxylation is 3. The number of fused-ring (bicyclic) bond motifs is 1. The first-order valence-electron chi connectivity index (χ1n) is 10.1. The van der Waals surface area contributed by atoms with Crippen molar-refractivity contribution in [1.82, 2.24) is 25.5 Å². The molecule has 0 unspecified atom stereocenters. The molecule has 2 aromatic heterocycles. The Morgan fingerprint density at radius 2 is 2.07 bits per heavy atom. The predicted octanol–water partition coefficient (Wildman–Crippen LogP) is 0.847. The molecular formula is C20H27N5O5. The minimum Gasteiger partial charge on any atom is -0.375 e. The lowest BCUT2D eigenvalue weighted by atomic mass is 9.80. The van der Waals surface area contributed by atoms with Crippen LogP contribution in [0.25, 0.3) is 0 Å². The Labute approximate surface area is 174 Å². The van der Waals surface area contributed by atoms with Crippen molar-refractivity contribution in [3.8, 4) is 0 Å². The average Bonchev–Trinajstić information content (AvgIpc) is 3.42. The van der Waals surface area contributed by atoms with E-state index in [1.54, 1.807) is 18.7 Å². The first-order valence-corrected chi connectivity index (χ1v) is 10.1. The van der Waals surface area contributed by atoms with Crippen molar-refractivity contribution in [3.63, 3.8) is 0 Å². The maximum Gasteiger partial charge on any atom is 0.248 e. The maximum atomic E-state index is 12.7. The second-order valence-corrected chi connectivity index (χ2v) is 8.39. The quantitative estimate of drug-likeness (QED) is 0.734. The minimum atomic E-state index is -0.453. The van der Waals surface area contributed by atoms with Crippen molar-refractivity contribution >= 4 is 11.8 Å². The Hall–Kier alpha value is -2.75. The third kappa shape index (κ3) is 3.60. The molecule has 162 valence electrons. The van der Waals surface area contributed by atoms with E-state index < -0.39 is 5.41 Å². The van der Waals surface area contributed by atoms with Crippen molar-refractivity contribution < 1.29 is 23.4 Å². The number of aromatic nitrogens is 3. The Morgan fingerprint density at radius 3 is 2.70 bits per heavy atom. The molecule has 10 nitrogen and oxygen atoms in total. The number of carbonyl (C=O) groups excluding carboxylic acids is 2. The molecule has 0 aromatic carbocycles. The van der Waals surface area contributed by atoms with E-state index in [1.807, 2.05) is 6.92 Å². The summed E-state index contributed by atoms with van der Waals surface area (Å²) in [5.41, 5.74) is 1.10. The highest BCUT2D eigenvalue weighted by atomic mass is 16.5. The average molecular weight is 417 g/mol. The van der Waals surface area contributed by atoms with Crippen molar-refractivity contribution in [2.45, 2.75) is 51.5 Å². The van der Waals surface area contributed by atoms with Gasteiger partial charge in [0.05, 0.1) is 17.5 Å². The molecule has 1 aliphatic carbocycles. The maximum absolute atomic E-state index is 12.7. The molecule has 4 rings (SSSR count). The van der Waals surface area contributed by atoms with E-state index in [2.05, 4.69) is 20.6 Å². The SMILES string of the molecule is COCC(=O)N1C[C@@H]2C[C@@H](NC(=O)Cc3c(C)noc3C)C[C@]2(c2nc(C)no2)C1. The fourth-order valence-electron chi connectivity index (χ4n) is 4.91. The van der Waals surface area contributed by atoms with Crippen LogP contribution in [0.4, 0.5) is 0 Å². The Balaban J connectivity index is 1.49. The van der Waals surface area contributed by atoms with E-state index >= 15 is 0 Å². The fraction of sp³-hybridized carbons (Fsp3) is 0.650. The van der Waals surface area contributed by atoms with Gasteiger partial charge in [-0.1, -0.05) is 10.3 Å². The molecule has 0 radical (unpaired) electrons. The van der Waals surface area contributed by atoms with Crippen LogP contribution in [0.3, 0.4) is 0 Å². The molecule has 2 aliphatic rings. The summed E-state index contributed by atoms with van der Waals surface area (Å²) in [5, 5.41) is 11.0. The molecule has 1 saturated heterocycles. The Morgan fingerprint density at radius 1 is 1.27 bits per heavy atom. The number of nitrogens with one attached hydrogen (secondary N) is 1. The zero-order valence-electron chi connectivity index (χ0n) is 17.7. The number of ether oxygens (including phenoxy) is 1. The number of nitrogens with zero attached hydrogens (tertiary/aromatic N) is 4. The number of methoxy groups -OCH3 is 1. The van der Waals surface area contributed by atoms with Gasteiger partial charge < -0.3 is 24.0 Å². The Kier molecular flexibility index (Phi) is 5.35. The van der Waals surface area contributed by atoms with Crippen molar-refractivity contribution in [2.24, 2.45) is 5.92 Å². The largest absolute Gasteiger partial charge is 0.375 e. The van der Waals surface area contributed by atoms with Crippen LogP contribution in [0.5, 0.6) is 0 Å². The summed E-state index contributed by atoms with van der Waals surface area (Å²) in [6.45, 7) is 6.53. The van der Waals surface area contributed by atoms with Gasteiger partial charge >= 0.3 is 0 Å². The van der Waals surface area contributed by atoms with Gasteiger partial charge in [-0.05, 0) is 39.5 Å². The topological polar surface area (TPSA) is 124 Å². The van der Waals surface area contributed by atoms with E-state index in [-0.39, 0.29) is 36.8 Å². The first-order chi connectivity index (χ1) is 14.3. The summed E-state index contributed by atoms with van der Waals surface area (Å²) >= 11 is 0. The highest BCUT2D eigenvalue weighted by molar-refractivity contribution is 5.80. The van der Waals surface area contributed by atoms with Crippen molar-refractivity contribution in [2.75, 3.05) is 26.8 Å². The van der Waals surface area contributed by atoms with Crippen molar-refractivity contribution in [1.29, 1.82) is 0 Å². The van der Waals surface area contributed by atoms with Gasteiger partial charge in [0.2, 0.25) is 17.7 Å². The van der Waals surface area contributed by atoms with Crippen LogP contribution >= 0.6 is 0 Å². The van der Waals surface area contributed by atoms with Gasteiger partial charge in [0, 0.05) is 31.8 Å². The third-order valence-corrected chi connectivity index (χ3v) is 6.33. The van der Waals surface area contributed by atoms with E-state index in [0.29, 0.717) is 37.0 Å². The van der Waals surface area contributed by atoms with Gasteiger partial charge in [0.25, 0.3) is 0 Å². The summed E-state index contributed by atoms with van der Waals surface area (Å²) in [7, 11) is 1.51. The zero-order chi connectivity index (χ0) is 21.5. The number of hydrogen-bond acceptors (Lipinski definition) is 8. The monoisotopic (exact) mass is 417 g/mol. The third-order valence-electron chi connectivity index (χ3n) is 6.33. The molecule has 1 aliphatic heterocycles. The molecule has 3 atom stereocenters. The van der Waals surface area contributed by atoms with Crippen LogP contribution in [-0.4, -0.2) is 64.9 Å². The van der Waals surface area contributed by atoms with Crippen LogP contribution in [0.1, 0.15) is 41.6 Å². The molecule has 1 saturated carbocycles. The normalized spacial score (nSPS) is 25.5. The van der Waals surface area contributed by atoms with Crippen LogP contribution in [0, 0.1) is 26.7 Å². The highest BCUT2D eigenvalue weighted by Gasteiger charge is 2.58. The molecule has 30 heavy (non-hydrogen) atoms. The molecule has 0 spiro atoms. The highest BCUT2D eigenvalue weighted by Crippen LogP contribution is 2.50. The number of rotatable bonds is 6. The second-order valence-electron chi connectivity index (χ2n) is 8.39. The molecule has 3 heterocycles. The molecular weight excluding hydrogens is 390 g/mol. The fourth-order valence-corrected chi connectivity index (χ4v) is 4.91. The predicted molar refractivity (Wildman–Crippen MR) is 104 cm³/mol. The summed E-state index contributed by atoms with van der Waals surface area (Å²) < 4.78 is 15.7. The number of hydrogen-bond donors (Lipinski definition) is 1. The summed E-state index contributed by atoms with van der Waals surface area (Å²) in [4.78, 5) is 31.4. The smallest absolute Gasteiger partial charge is 0.248 e. The van der Waals surface area contributed by atoms with Crippen LogP contribution < -0.4 is 5.32 Å². The molecule has 2 amide bonds. The second kappa shape index (κ2) is 7.82. The Bertz CT molecular complexity index is 934. The van der Waals surface area contributed by atoms with Crippen molar-refractivity contribution in [3.05, 3.63) is 28.7 Å². The summed E-state index contributed by atoms with van der Waals surface area (Å²) in [6.07, 6.45) is 1.61. The van der Waals surface area contributed by atoms with Gasteiger partial charge in [-0.3, -0.25) is 9.59 Å². The molecule has 0 bridgehead atoms. The van der Waals surface area contributed by atoms with Gasteiger partial charge in [-0.25, -0.2) is 0 Å². The number of likely N-dealkylation sites (tertiary alicyclic amines) is 1. The van der Waals surface area contributed by atoms with E-state index in [4.69, 9.17) is 13.8 Å². The lowest BCUT2D eigenvalue weighted by Gasteiger charge is -2.25. The number of amides is 2. The minimum absolute atomic E-state index is 0.0325. The lowest BCUT2D eigenvalue weighted by Crippen LogP contribution is -2.40. The van der Waals surface area contributed by atoms with Crippen LogP contribution in [0.2, 0.25) is 0 Å². The lowest BCUT2D eigenvalue weighted by molar-refractivity contribution is -0.134. The zero-order valence-corrected chi connectivity index (χ0v) is 17.7. The molecule has 2 aromatic rings. The molecule has 10 heteroatoms. The number of carbonyl (C=O) groups is 2. The van der Waals surface area contributed by atoms with E-state index in [0.717, 1.165) is 17.7 Å². The van der Waals surface area contributed by atoms with Gasteiger partial charge in [-0.2, -0.15) is 4.98 Å². The van der Waals surface area contributed by atoms with Gasteiger partial charge in [-0.15, -0.1) is 0 Å². The van der Waals surface area contributed by atoms with E-state index in [9.17, 15) is 9.59 Å². The van der Waals surface area contributed by atoms with Crippen LogP contribution in [0.15, 0.2) is 9.05 Å². The first kappa shape index (κ1) is 20.5. The van der Waals surface area contributed by atoms with Crippen LogP contribution in [-0.2, 0) is 26.2 Å². The molecule has 2 fully saturated rings. The van der Waals surface area contributed by atoms with Gasteiger partial charge in [0.15, 0.2) is 5.82 Å². The van der Waals surface area contributed by atoms with E-state index in [1.165, 1.54) is 7.11 Å². The van der Waals surface area contributed by atoms with Gasteiger partial charge in [0.1, 0.15) is 12.4 Å². The summed E-state index contributed by atoms with van der Waals surface area (Å²) in [6, 6.07) is -0.0325. The molecule has 1 N–H and O–H groups in total.